The SMILES string of the molecule is C[C@@H]1O[C@@H](CC(=O)O)Cc2c1c(O)c1c(O)cc(-c3cc(=O)c4c(=O)c5c(c(=O)c=4c3=O)C[C@@H](CC(=O)O)O[C@@H]5C)c(O)c1c2O. The van der Waals surface area contributed by atoms with Crippen molar-refractivity contribution in [3.05, 3.63) is 85.7 Å². The van der Waals surface area contributed by atoms with Crippen LogP contribution >= 0.6 is 0 Å². The van der Waals surface area contributed by atoms with Crippen LogP contribution in [0.3, 0.4) is 0 Å². The molecule has 2 aliphatic carbocycles. The Bertz CT molecular complexity index is 2300. The lowest BCUT2D eigenvalue weighted by Gasteiger charge is -2.31. The molecule has 0 amide bonds. The van der Waals surface area contributed by atoms with Crippen LogP contribution in [-0.2, 0) is 31.9 Å². The zero-order valence-corrected chi connectivity index (χ0v) is 24.2. The third kappa shape index (κ3) is 4.48. The van der Waals surface area contributed by atoms with E-state index in [1.54, 1.807) is 0 Å². The first kappa shape index (κ1) is 30.7. The molecule has 14 nitrogen and oxygen atoms in total. The number of aliphatic carboxylic acids is 2. The van der Waals surface area contributed by atoms with Crippen molar-refractivity contribution in [2.24, 2.45) is 0 Å². The third-order valence-electron chi connectivity index (χ3n) is 8.72. The number of rotatable bonds is 5. The zero-order chi connectivity index (χ0) is 33.5. The number of carboxylic acids is 2. The maximum absolute atomic E-state index is 13.9. The molecule has 0 fully saturated rings. The number of phenolic OH excluding ortho intramolecular Hbond substituents is 4. The summed E-state index contributed by atoms with van der Waals surface area (Å²) < 4.78 is 11.3. The van der Waals surface area contributed by atoms with E-state index in [1.807, 2.05) is 0 Å². The predicted octanol–water partition coefficient (Wildman–Crippen LogP) is 1.32. The van der Waals surface area contributed by atoms with E-state index < -0.39 is 126 Å². The molecule has 0 unspecified atom stereocenters. The number of hydrogen-bond acceptors (Lipinski definition) is 12. The fourth-order valence-electron chi connectivity index (χ4n) is 6.89. The largest absolute Gasteiger partial charge is 0.507 e. The number of aromatic hydroxyl groups is 4. The van der Waals surface area contributed by atoms with E-state index in [0.717, 1.165) is 6.07 Å². The number of benzene rings is 2. The monoisotopic (exact) mass is 634 g/mol. The molecular weight excluding hydrogens is 608 g/mol. The Labute approximate surface area is 256 Å². The first-order valence-electron chi connectivity index (χ1n) is 14.2. The van der Waals surface area contributed by atoms with Crippen molar-refractivity contribution < 1.29 is 49.7 Å². The Morgan fingerprint density at radius 1 is 0.674 bits per heavy atom. The normalized spacial score (nSPS) is 20.8. The minimum Gasteiger partial charge on any atom is -0.507 e. The van der Waals surface area contributed by atoms with E-state index in [9.17, 15) is 59.4 Å². The average molecular weight is 635 g/mol. The molecule has 0 saturated carbocycles. The molecule has 0 saturated heterocycles. The molecule has 46 heavy (non-hydrogen) atoms. The van der Waals surface area contributed by atoms with Crippen LogP contribution in [0.1, 0.15) is 61.2 Å². The Kier molecular flexibility index (Phi) is 7.09. The molecule has 14 heteroatoms. The fraction of sp³-hybridized carbons (Fsp3) is 0.312. The van der Waals surface area contributed by atoms with Gasteiger partial charge < -0.3 is 40.1 Å². The fourth-order valence-corrected chi connectivity index (χ4v) is 6.89. The van der Waals surface area contributed by atoms with E-state index in [-0.39, 0.29) is 35.1 Å². The second-order valence-corrected chi connectivity index (χ2v) is 11.6. The third-order valence-corrected chi connectivity index (χ3v) is 8.72. The van der Waals surface area contributed by atoms with Crippen molar-refractivity contribution in [1.82, 2.24) is 0 Å². The topological polar surface area (TPSA) is 242 Å². The minimum absolute atomic E-state index is 0.0314. The van der Waals surface area contributed by atoms with Crippen molar-refractivity contribution in [3.63, 3.8) is 0 Å². The van der Waals surface area contributed by atoms with Gasteiger partial charge >= 0.3 is 11.9 Å². The number of hydrogen-bond donors (Lipinski definition) is 6. The smallest absolute Gasteiger partial charge is 0.305 e. The highest BCUT2D eigenvalue weighted by Gasteiger charge is 2.36. The van der Waals surface area contributed by atoms with Gasteiger partial charge in [-0.1, -0.05) is 0 Å². The summed E-state index contributed by atoms with van der Waals surface area (Å²) >= 11 is 0. The summed E-state index contributed by atoms with van der Waals surface area (Å²) in [5.41, 5.74) is -5.43. The molecule has 4 atom stereocenters. The number of ether oxygens (including phenoxy) is 2. The quantitative estimate of drug-likeness (QED) is 0.170. The second-order valence-electron chi connectivity index (χ2n) is 11.6. The lowest BCUT2D eigenvalue weighted by atomic mass is 9.86. The second kappa shape index (κ2) is 10.6. The Hall–Kier alpha value is -5.34. The Morgan fingerprint density at radius 2 is 1.24 bits per heavy atom. The van der Waals surface area contributed by atoms with Gasteiger partial charge in [-0.05, 0) is 26.0 Å². The predicted molar refractivity (Wildman–Crippen MR) is 157 cm³/mol. The molecule has 238 valence electrons. The van der Waals surface area contributed by atoms with Crippen molar-refractivity contribution in [2.75, 3.05) is 0 Å². The van der Waals surface area contributed by atoms with E-state index in [0.29, 0.717) is 6.07 Å². The van der Waals surface area contributed by atoms with Gasteiger partial charge in [0.15, 0.2) is 21.7 Å². The molecule has 2 heterocycles. The van der Waals surface area contributed by atoms with Crippen LogP contribution in [0, 0.1) is 10.4 Å². The highest BCUT2D eigenvalue weighted by atomic mass is 16.5. The van der Waals surface area contributed by atoms with Crippen molar-refractivity contribution >= 4 is 22.7 Å². The molecule has 4 aliphatic rings. The van der Waals surface area contributed by atoms with Gasteiger partial charge in [0.05, 0.1) is 58.5 Å². The first-order valence-corrected chi connectivity index (χ1v) is 14.2. The van der Waals surface area contributed by atoms with Crippen LogP contribution in [-0.4, -0.2) is 54.8 Å². The van der Waals surface area contributed by atoms with Crippen LogP contribution in [0.15, 0.2) is 31.3 Å². The van der Waals surface area contributed by atoms with E-state index in [1.165, 1.54) is 13.8 Å². The first-order chi connectivity index (χ1) is 21.6. The van der Waals surface area contributed by atoms with Crippen LogP contribution in [0.2, 0.25) is 0 Å². The molecule has 6 rings (SSSR count). The number of carbonyl (C=O) groups is 2. The van der Waals surface area contributed by atoms with Crippen LogP contribution in [0.5, 0.6) is 23.0 Å². The van der Waals surface area contributed by atoms with Crippen LogP contribution in [0.25, 0.3) is 21.9 Å². The van der Waals surface area contributed by atoms with E-state index >= 15 is 0 Å². The Morgan fingerprint density at radius 3 is 1.83 bits per heavy atom. The number of fused-ring (bicyclic) bond motifs is 3. The van der Waals surface area contributed by atoms with E-state index in [2.05, 4.69) is 0 Å². The van der Waals surface area contributed by atoms with Gasteiger partial charge in [0.1, 0.15) is 23.0 Å². The molecule has 6 N–H and O–H groups in total. The van der Waals surface area contributed by atoms with Crippen LogP contribution in [0.4, 0.5) is 0 Å². The minimum atomic E-state index is -1.22. The Balaban J connectivity index is 1.63. The maximum Gasteiger partial charge on any atom is 0.305 e. The van der Waals surface area contributed by atoms with Gasteiger partial charge in [-0.15, -0.1) is 0 Å². The summed E-state index contributed by atoms with van der Waals surface area (Å²) in [4.78, 5) is 77.0. The highest BCUT2D eigenvalue weighted by molar-refractivity contribution is 6.07. The van der Waals surface area contributed by atoms with Crippen molar-refractivity contribution in [2.45, 2.75) is 63.9 Å². The summed E-state index contributed by atoms with van der Waals surface area (Å²) in [5.74, 6) is -5.20. The van der Waals surface area contributed by atoms with Gasteiger partial charge in [0.25, 0.3) is 0 Å². The lowest BCUT2D eigenvalue weighted by molar-refractivity contribution is -0.143. The lowest BCUT2D eigenvalue weighted by Crippen LogP contribution is -2.40. The number of phenols is 4. The summed E-state index contributed by atoms with van der Waals surface area (Å²) in [7, 11) is 0. The highest BCUT2D eigenvalue weighted by Crippen LogP contribution is 2.53. The molecule has 2 aromatic carbocycles. The summed E-state index contributed by atoms with van der Waals surface area (Å²) in [5, 5.41) is 60.9. The molecule has 2 aromatic rings. The molecule has 0 radical (unpaired) electrons. The maximum atomic E-state index is 13.9. The van der Waals surface area contributed by atoms with Gasteiger partial charge in [-0.2, -0.15) is 0 Å². The number of carboxylic acid groups (broad SMARTS) is 2. The van der Waals surface area contributed by atoms with Crippen molar-refractivity contribution in [3.8, 4) is 34.1 Å². The molecule has 0 spiro atoms. The summed E-state index contributed by atoms with van der Waals surface area (Å²) in [6.07, 6.45) is -5.29. The summed E-state index contributed by atoms with van der Waals surface area (Å²) in [6.45, 7) is 2.92. The molecule has 0 aromatic heterocycles. The molecule has 0 bridgehead atoms. The van der Waals surface area contributed by atoms with Gasteiger partial charge in [0.2, 0.25) is 0 Å². The molecular formula is C32H26O14. The zero-order valence-electron chi connectivity index (χ0n) is 24.2. The average Bonchev–Trinajstić information content (AvgIpc) is 2.95. The van der Waals surface area contributed by atoms with Gasteiger partial charge in [-0.25, -0.2) is 0 Å². The van der Waals surface area contributed by atoms with Gasteiger partial charge in [0, 0.05) is 46.2 Å². The van der Waals surface area contributed by atoms with E-state index in [4.69, 9.17) is 9.47 Å². The summed E-state index contributed by atoms with van der Waals surface area (Å²) in [6, 6.07) is 1.57. The standard InChI is InChI=1S/C32H26O14/c1-9-21-15(3-11(45-9)5-19(35)36)29(41)25-23(31(21)43)17(33)7-13(27(25)39)14-8-18(34)24-26(28(14)40)30(42)16-4-12(6-20(37)38)46-10(2)22(16)32(24)44/h7-12,33,39,41,43H,3-6H2,1-2H3,(H,35,36)(H,37,38)/t9-,10+,11+,12-/m0/s1. The van der Waals surface area contributed by atoms with Gasteiger partial charge in [-0.3, -0.25) is 28.8 Å². The van der Waals surface area contributed by atoms with Crippen LogP contribution < -0.4 is 21.7 Å². The molecule has 2 aliphatic heterocycles. The van der Waals surface area contributed by atoms with Crippen molar-refractivity contribution in [1.29, 1.82) is 0 Å².